The highest BCUT2D eigenvalue weighted by molar-refractivity contribution is 8.18. The van der Waals surface area contributed by atoms with Gasteiger partial charge in [0, 0.05) is 0 Å². The van der Waals surface area contributed by atoms with Gasteiger partial charge in [0.1, 0.15) is 5.75 Å². The van der Waals surface area contributed by atoms with Crippen LogP contribution in [-0.2, 0) is 4.79 Å². The van der Waals surface area contributed by atoms with Gasteiger partial charge in [0.05, 0.1) is 26.7 Å². The van der Waals surface area contributed by atoms with E-state index in [2.05, 4.69) is 17.2 Å². The topological polar surface area (TPSA) is 50.7 Å². The summed E-state index contributed by atoms with van der Waals surface area (Å²) in [6.45, 7) is 4.11. The molecule has 4 nitrogen and oxygen atoms in total. The minimum absolute atomic E-state index is 0.169. The lowest BCUT2D eigenvalue weighted by atomic mass is 10.2. The second kappa shape index (κ2) is 8.83. The lowest BCUT2D eigenvalue weighted by Crippen LogP contribution is -2.19. The average molecular weight is 421 g/mol. The number of carbonyl (C=O) groups is 1. The maximum Gasteiger partial charge on any atom is 0.264 e. The number of amidine groups is 1. The molecule has 0 saturated carbocycles. The van der Waals surface area contributed by atoms with Crippen molar-refractivity contribution in [2.75, 3.05) is 0 Å². The first-order chi connectivity index (χ1) is 13.0. The van der Waals surface area contributed by atoms with Gasteiger partial charge in [-0.2, -0.15) is 0 Å². The Morgan fingerprint density at radius 3 is 2.67 bits per heavy atom. The number of ether oxygens (including phenoxy) is 1. The quantitative estimate of drug-likeness (QED) is 0.597. The molecule has 0 bridgehead atoms. The van der Waals surface area contributed by atoms with Crippen molar-refractivity contribution in [1.29, 1.82) is 0 Å². The van der Waals surface area contributed by atoms with Gasteiger partial charge in [0.25, 0.3) is 5.91 Å². The van der Waals surface area contributed by atoms with Gasteiger partial charge in [-0.1, -0.05) is 48.3 Å². The molecule has 1 atom stereocenters. The molecule has 1 aliphatic rings. The van der Waals surface area contributed by atoms with Gasteiger partial charge in [0.15, 0.2) is 5.17 Å². The molecule has 27 heavy (non-hydrogen) atoms. The summed E-state index contributed by atoms with van der Waals surface area (Å²) in [6.07, 6.45) is 2.93. The van der Waals surface area contributed by atoms with E-state index in [1.54, 1.807) is 18.2 Å². The number of nitrogens with one attached hydrogen (secondary N) is 1. The maximum absolute atomic E-state index is 12.2. The second-order valence-electron chi connectivity index (χ2n) is 5.96. The number of hydrogen-bond acceptors (Lipinski definition) is 4. The lowest BCUT2D eigenvalue weighted by molar-refractivity contribution is -0.115. The summed E-state index contributed by atoms with van der Waals surface area (Å²) in [5.41, 5.74) is 1.42. The van der Waals surface area contributed by atoms with Crippen molar-refractivity contribution in [1.82, 2.24) is 5.32 Å². The van der Waals surface area contributed by atoms with Crippen LogP contribution in [0.4, 0.5) is 5.69 Å². The van der Waals surface area contributed by atoms with Crippen LogP contribution in [0.2, 0.25) is 10.0 Å². The second-order valence-corrected chi connectivity index (χ2v) is 7.78. The highest BCUT2D eigenvalue weighted by Gasteiger charge is 2.24. The first-order valence-electron chi connectivity index (χ1n) is 8.46. The molecule has 0 unspecified atom stereocenters. The molecule has 0 radical (unpaired) electrons. The van der Waals surface area contributed by atoms with E-state index in [9.17, 15) is 4.79 Å². The van der Waals surface area contributed by atoms with Gasteiger partial charge in [-0.05, 0) is 61.0 Å². The molecule has 1 fully saturated rings. The minimum Gasteiger partial charge on any atom is -0.491 e. The Balaban J connectivity index is 1.75. The predicted octanol–water partition coefficient (Wildman–Crippen LogP) is 6.06. The van der Waals surface area contributed by atoms with E-state index in [0.717, 1.165) is 17.7 Å². The first-order valence-corrected chi connectivity index (χ1v) is 10.0. The molecule has 1 heterocycles. The number of nitrogens with zero attached hydrogens (tertiary/aromatic N) is 1. The standard InChI is InChI=1S/C20H18Cl2N2O2S/c1-3-12(2)26-14-9-7-13(8-10-14)11-17-19(25)24-20(27-17)23-16-6-4-5-15(21)18(16)22/h4-12H,3H2,1-2H3,(H,23,24,25)/b17-11+/t12-/m0/s1. The fraction of sp³-hybridized carbons (Fsp3) is 0.200. The SMILES string of the molecule is CC[C@H](C)Oc1ccc(/C=C2/SC(=Nc3cccc(Cl)c3Cl)NC2=O)cc1. The third-order valence-electron chi connectivity index (χ3n) is 3.89. The third kappa shape index (κ3) is 5.06. The monoisotopic (exact) mass is 420 g/mol. The Morgan fingerprint density at radius 1 is 1.22 bits per heavy atom. The van der Waals surface area contributed by atoms with Gasteiger partial charge < -0.3 is 10.1 Å². The molecule has 1 amide bonds. The van der Waals surface area contributed by atoms with E-state index in [0.29, 0.717) is 25.8 Å². The summed E-state index contributed by atoms with van der Waals surface area (Å²) < 4.78 is 5.77. The Labute approximate surface area is 172 Å². The fourth-order valence-electron chi connectivity index (χ4n) is 2.28. The van der Waals surface area contributed by atoms with Gasteiger partial charge >= 0.3 is 0 Å². The van der Waals surface area contributed by atoms with Crippen LogP contribution in [0.1, 0.15) is 25.8 Å². The number of halogens is 2. The van der Waals surface area contributed by atoms with Crippen molar-refractivity contribution in [2.45, 2.75) is 26.4 Å². The van der Waals surface area contributed by atoms with Crippen LogP contribution in [-0.4, -0.2) is 17.2 Å². The van der Waals surface area contributed by atoms with Crippen LogP contribution in [0.25, 0.3) is 6.08 Å². The highest BCUT2D eigenvalue weighted by atomic mass is 35.5. The molecule has 7 heteroatoms. The van der Waals surface area contributed by atoms with Gasteiger partial charge in [0.2, 0.25) is 0 Å². The first kappa shape index (κ1) is 19.8. The summed E-state index contributed by atoms with van der Waals surface area (Å²) in [6, 6.07) is 12.8. The summed E-state index contributed by atoms with van der Waals surface area (Å²) in [7, 11) is 0. The number of aliphatic imine (C=N–C) groups is 1. The zero-order chi connectivity index (χ0) is 19.4. The molecule has 3 rings (SSSR count). The molecule has 2 aromatic rings. The van der Waals surface area contributed by atoms with Crippen molar-refractivity contribution in [2.24, 2.45) is 4.99 Å². The molecule has 0 aromatic heterocycles. The molecule has 1 aliphatic heterocycles. The van der Waals surface area contributed by atoms with Gasteiger partial charge in [-0.15, -0.1) is 0 Å². The zero-order valence-corrected chi connectivity index (χ0v) is 17.2. The molecule has 1 N–H and O–H groups in total. The normalized spacial score (nSPS) is 18.0. The van der Waals surface area contributed by atoms with Crippen LogP contribution in [0, 0.1) is 0 Å². The zero-order valence-electron chi connectivity index (χ0n) is 14.8. The number of carbonyl (C=O) groups excluding carboxylic acids is 1. The van der Waals surface area contributed by atoms with Crippen molar-refractivity contribution < 1.29 is 9.53 Å². The number of thioether (sulfide) groups is 1. The van der Waals surface area contributed by atoms with Crippen molar-refractivity contribution >= 4 is 57.8 Å². The van der Waals surface area contributed by atoms with Crippen molar-refractivity contribution in [3.05, 3.63) is 63.0 Å². The Morgan fingerprint density at radius 2 is 1.96 bits per heavy atom. The van der Waals surface area contributed by atoms with Crippen LogP contribution >= 0.6 is 35.0 Å². The lowest BCUT2D eigenvalue weighted by Gasteiger charge is -2.12. The van der Waals surface area contributed by atoms with Crippen molar-refractivity contribution in [3.63, 3.8) is 0 Å². The van der Waals surface area contributed by atoms with Crippen molar-refractivity contribution in [3.8, 4) is 5.75 Å². The van der Waals surface area contributed by atoms with E-state index in [4.69, 9.17) is 27.9 Å². The number of rotatable bonds is 5. The van der Waals surface area contributed by atoms with Crippen LogP contribution in [0.5, 0.6) is 5.75 Å². The number of benzene rings is 2. The average Bonchev–Trinajstić information content (AvgIpc) is 2.99. The van der Waals surface area contributed by atoms with Gasteiger partial charge in [-0.25, -0.2) is 4.99 Å². The summed E-state index contributed by atoms with van der Waals surface area (Å²) in [5.74, 6) is 0.615. The molecule has 2 aromatic carbocycles. The maximum atomic E-state index is 12.2. The Hall–Kier alpha value is -1.95. The van der Waals surface area contributed by atoms with Crippen LogP contribution in [0.3, 0.4) is 0 Å². The van der Waals surface area contributed by atoms with E-state index in [-0.39, 0.29) is 12.0 Å². The molecule has 140 valence electrons. The number of amides is 1. The summed E-state index contributed by atoms with van der Waals surface area (Å²) in [4.78, 5) is 17.2. The van der Waals surface area contributed by atoms with Crippen LogP contribution in [0.15, 0.2) is 52.4 Å². The van der Waals surface area contributed by atoms with E-state index in [1.165, 1.54) is 11.8 Å². The fourth-order valence-corrected chi connectivity index (χ4v) is 3.45. The molecular formula is C20H18Cl2N2O2S. The molecule has 0 aliphatic carbocycles. The van der Waals surface area contributed by atoms with Crippen LogP contribution < -0.4 is 10.1 Å². The Kier molecular flexibility index (Phi) is 6.47. The predicted molar refractivity (Wildman–Crippen MR) is 114 cm³/mol. The van der Waals surface area contributed by atoms with Gasteiger partial charge in [-0.3, -0.25) is 4.79 Å². The largest absolute Gasteiger partial charge is 0.491 e. The van der Waals surface area contributed by atoms with E-state index in [1.807, 2.05) is 37.3 Å². The van der Waals surface area contributed by atoms with E-state index >= 15 is 0 Å². The van der Waals surface area contributed by atoms with E-state index < -0.39 is 0 Å². The smallest absolute Gasteiger partial charge is 0.264 e. The summed E-state index contributed by atoms with van der Waals surface area (Å²) >= 11 is 13.4. The number of hydrogen-bond donors (Lipinski definition) is 1. The minimum atomic E-state index is -0.197. The Bertz CT molecular complexity index is 911. The highest BCUT2D eigenvalue weighted by Crippen LogP contribution is 2.34. The third-order valence-corrected chi connectivity index (χ3v) is 5.61. The molecular weight excluding hydrogens is 403 g/mol. The summed E-state index contributed by atoms with van der Waals surface area (Å²) in [5, 5.41) is 3.99. The molecule has 1 saturated heterocycles. The molecule has 0 spiro atoms.